The average Bonchev–Trinajstić information content (AvgIpc) is 3.24. The van der Waals surface area contributed by atoms with Crippen molar-refractivity contribution >= 4 is 34.1 Å². The maximum Gasteiger partial charge on any atom is 0.256 e. The van der Waals surface area contributed by atoms with E-state index in [1.54, 1.807) is 13.3 Å². The maximum absolute atomic E-state index is 12.6. The Labute approximate surface area is 148 Å². The topological polar surface area (TPSA) is 86.6 Å². The van der Waals surface area contributed by atoms with E-state index in [1.807, 2.05) is 24.3 Å². The summed E-state index contributed by atoms with van der Waals surface area (Å²) in [5.41, 5.74) is 4.29. The van der Waals surface area contributed by atoms with Gasteiger partial charge in [0.2, 0.25) is 0 Å². The molecule has 0 radical (unpaired) electrons. The molecule has 3 N–H and O–H groups in total. The number of rotatable bonds is 2. The lowest BCUT2D eigenvalue weighted by molar-refractivity contribution is 0.414. The van der Waals surface area contributed by atoms with Crippen LogP contribution in [-0.4, -0.2) is 27.0 Å². The molecule has 0 bridgehead atoms. The zero-order chi connectivity index (χ0) is 17.7. The summed E-state index contributed by atoms with van der Waals surface area (Å²) in [7, 11) is 1.61. The minimum atomic E-state index is -0.126. The van der Waals surface area contributed by atoms with Crippen LogP contribution in [0.25, 0.3) is 34.1 Å². The predicted octanol–water partition coefficient (Wildman–Crippen LogP) is 1.69. The van der Waals surface area contributed by atoms with E-state index in [0.29, 0.717) is 11.0 Å². The minimum absolute atomic E-state index is 0.126. The number of nitrogens with zero attached hydrogens (tertiary/aromatic N) is 1. The molecule has 0 spiro atoms. The smallest absolute Gasteiger partial charge is 0.256 e. The molecule has 0 amide bonds. The van der Waals surface area contributed by atoms with Gasteiger partial charge in [-0.15, -0.1) is 0 Å². The van der Waals surface area contributed by atoms with Gasteiger partial charge in [-0.1, -0.05) is 6.08 Å². The molecule has 0 saturated carbocycles. The Morgan fingerprint density at radius 3 is 3.04 bits per heavy atom. The molecule has 4 aromatic rings. The van der Waals surface area contributed by atoms with Gasteiger partial charge >= 0.3 is 0 Å². The molecule has 6 nitrogen and oxygen atoms in total. The van der Waals surface area contributed by atoms with E-state index < -0.39 is 0 Å². The highest BCUT2D eigenvalue weighted by atomic mass is 16.5. The predicted molar refractivity (Wildman–Crippen MR) is 102 cm³/mol. The van der Waals surface area contributed by atoms with E-state index in [-0.39, 0.29) is 5.56 Å². The van der Waals surface area contributed by atoms with E-state index >= 15 is 0 Å². The molecule has 0 aliphatic heterocycles. The number of aromatic nitrogens is 4. The maximum atomic E-state index is 12.6. The van der Waals surface area contributed by atoms with Crippen molar-refractivity contribution in [3.63, 3.8) is 0 Å². The van der Waals surface area contributed by atoms with Gasteiger partial charge in [-0.25, -0.2) is 4.98 Å². The number of H-pyrrole nitrogens is 3. The number of benzene rings is 1. The molecule has 1 aliphatic rings. The zero-order valence-electron chi connectivity index (χ0n) is 14.3. The summed E-state index contributed by atoms with van der Waals surface area (Å²) in [5.74, 6) is 0.701. The normalized spacial score (nSPS) is 14.6. The number of nitrogens with one attached hydrogen (secondary N) is 3. The molecule has 26 heavy (non-hydrogen) atoms. The number of methoxy groups -OCH3 is 1. The summed E-state index contributed by atoms with van der Waals surface area (Å²) in [6.45, 7) is 0. The zero-order valence-corrected chi connectivity index (χ0v) is 14.3. The van der Waals surface area contributed by atoms with Crippen LogP contribution in [0.2, 0.25) is 0 Å². The van der Waals surface area contributed by atoms with Crippen LogP contribution in [-0.2, 0) is 6.42 Å². The van der Waals surface area contributed by atoms with Crippen molar-refractivity contribution in [1.29, 1.82) is 0 Å². The molecule has 1 aliphatic carbocycles. The van der Waals surface area contributed by atoms with Crippen molar-refractivity contribution in [2.24, 2.45) is 0 Å². The lowest BCUT2D eigenvalue weighted by Gasteiger charge is -2.10. The highest BCUT2D eigenvalue weighted by Crippen LogP contribution is 2.20. The molecule has 0 saturated heterocycles. The first-order chi connectivity index (χ1) is 12.7. The van der Waals surface area contributed by atoms with E-state index in [2.05, 4.69) is 21.0 Å². The first kappa shape index (κ1) is 15.0. The van der Waals surface area contributed by atoms with Crippen molar-refractivity contribution in [2.45, 2.75) is 19.3 Å². The molecule has 0 fully saturated rings. The number of aromatic amines is 3. The Morgan fingerprint density at radius 1 is 1.23 bits per heavy atom. The number of ether oxygens (including phenoxy) is 1. The van der Waals surface area contributed by atoms with Crippen molar-refractivity contribution in [3.05, 3.63) is 56.7 Å². The van der Waals surface area contributed by atoms with Crippen LogP contribution in [0.4, 0.5) is 0 Å². The number of aryl methyl sites for hydroxylation is 1. The van der Waals surface area contributed by atoms with Crippen molar-refractivity contribution in [2.75, 3.05) is 7.11 Å². The lowest BCUT2D eigenvalue weighted by Crippen LogP contribution is -2.23. The van der Waals surface area contributed by atoms with Crippen LogP contribution < -0.4 is 20.9 Å². The van der Waals surface area contributed by atoms with Crippen molar-refractivity contribution in [3.8, 4) is 5.75 Å². The second-order valence-electron chi connectivity index (χ2n) is 6.55. The van der Waals surface area contributed by atoms with Crippen LogP contribution in [0.5, 0.6) is 5.75 Å². The number of hydrogen-bond acceptors (Lipinski definition) is 3. The quantitative estimate of drug-likeness (QED) is 0.516. The van der Waals surface area contributed by atoms with E-state index in [4.69, 9.17) is 9.72 Å². The SMILES string of the molecule is COc1cc[nH]c1C=c1c(=O)[nH]c2ccc3nc4c([nH]c3c12)=CCCC4. The van der Waals surface area contributed by atoms with Gasteiger partial charge in [0.25, 0.3) is 5.56 Å². The summed E-state index contributed by atoms with van der Waals surface area (Å²) >= 11 is 0. The van der Waals surface area contributed by atoms with Crippen LogP contribution >= 0.6 is 0 Å². The van der Waals surface area contributed by atoms with Gasteiger partial charge in [0.1, 0.15) is 5.75 Å². The number of hydrogen-bond donors (Lipinski definition) is 3. The largest absolute Gasteiger partial charge is 0.495 e. The Kier molecular flexibility index (Phi) is 3.25. The molecule has 5 rings (SSSR count). The molecular weight excluding hydrogens is 328 g/mol. The fraction of sp³-hybridized carbons (Fsp3) is 0.200. The number of fused-ring (bicyclic) bond motifs is 4. The first-order valence-electron chi connectivity index (χ1n) is 8.71. The van der Waals surface area contributed by atoms with E-state index in [0.717, 1.165) is 57.9 Å². The van der Waals surface area contributed by atoms with Gasteiger partial charge in [-0.05, 0) is 43.5 Å². The third-order valence-corrected chi connectivity index (χ3v) is 4.99. The molecule has 1 aromatic carbocycles. The summed E-state index contributed by atoms with van der Waals surface area (Å²) in [6, 6.07) is 5.71. The third kappa shape index (κ3) is 2.19. The Morgan fingerprint density at radius 2 is 2.15 bits per heavy atom. The van der Waals surface area contributed by atoms with Gasteiger partial charge in [0, 0.05) is 11.6 Å². The van der Waals surface area contributed by atoms with Gasteiger partial charge in [0.05, 0.1) is 45.6 Å². The van der Waals surface area contributed by atoms with Gasteiger partial charge in [0.15, 0.2) is 0 Å². The summed E-state index contributed by atoms with van der Waals surface area (Å²) in [4.78, 5) is 27.0. The second-order valence-corrected chi connectivity index (χ2v) is 6.55. The van der Waals surface area contributed by atoms with Gasteiger partial charge in [-0.3, -0.25) is 4.79 Å². The Hall–Kier alpha value is -3.28. The molecule has 0 atom stereocenters. The minimum Gasteiger partial charge on any atom is -0.495 e. The van der Waals surface area contributed by atoms with Crippen molar-refractivity contribution in [1.82, 2.24) is 19.9 Å². The Balaban J connectivity index is 1.91. The summed E-state index contributed by atoms with van der Waals surface area (Å²) < 4.78 is 5.35. The van der Waals surface area contributed by atoms with Crippen molar-refractivity contribution < 1.29 is 4.74 Å². The molecule has 3 heterocycles. The molecule has 130 valence electrons. The molecule has 3 aromatic heterocycles. The highest BCUT2D eigenvalue weighted by Gasteiger charge is 2.12. The summed E-state index contributed by atoms with van der Waals surface area (Å²) in [6.07, 6.45) is 8.96. The van der Waals surface area contributed by atoms with E-state index in [1.165, 1.54) is 0 Å². The standard InChI is InChI=1S/C20H18N4O2/c1-26-17-8-9-21-16(17)10-11-18-14(24-20(11)25)6-7-15-19(18)23-13-5-3-2-4-12(13)22-15/h5-10,21,23H,2-4H2,1H3,(H,24,25). The van der Waals surface area contributed by atoms with Gasteiger partial charge < -0.3 is 19.7 Å². The fourth-order valence-corrected chi connectivity index (χ4v) is 3.73. The average molecular weight is 346 g/mol. The first-order valence-corrected chi connectivity index (χ1v) is 8.71. The second kappa shape index (κ2) is 5.62. The summed E-state index contributed by atoms with van der Waals surface area (Å²) in [5, 5.41) is 2.52. The monoisotopic (exact) mass is 346 g/mol. The third-order valence-electron chi connectivity index (χ3n) is 4.99. The molecule has 0 unspecified atom stereocenters. The van der Waals surface area contributed by atoms with Crippen LogP contribution in [0, 0.1) is 0 Å². The molecule has 6 heteroatoms. The Bertz CT molecular complexity index is 1320. The van der Waals surface area contributed by atoms with E-state index in [9.17, 15) is 4.79 Å². The van der Waals surface area contributed by atoms with Crippen LogP contribution in [0.15, 0.2) is 29.2 Å². The van der Waals surface area contributed by atoms with Gasteiger partial charge in [-0.2, -0.15) is 0 Å². The van der Waals surface area contributed by atoms with Crippen LogP contribution in [0.3, 0.4) is 0 Å². The lowest BCUT2D eigenvalue weighted by atomic mass is 10.1. The fourth-order valence-electron chi connectivity index (χ4n) is 3.73. The molecular formula is C20H18N4O2. The highest BCUT2D eigenvalue weighted by molar-refractivity contribution is 6.03. The van der Waals surface area contributed by atoms with Crippen LogP contribution in [0.1, 0.15) is 24.2 Å².